The first-order valence-electron chi connectivity index (χ1n) is 9.80. The van der Waals surface area contributed by atoms with Gasteiger partial charge in [-0.3, -0.25) is 19.4 Å². The molecular formula is C22H25N3O4. The van der Waals surface area contributed by atoms with E-state index in [0.717, 1.165) is 43.2 Å². The van der Waals surface area contributed by atoms with Gasteiger partial charge in [0.15, 0.2) is 0 Å². The van der Waals surface area contributed by atoms with Crippen LogP contribution in [-0.4, -0.2) is 66.1 Å². The second-order valence-corrected chi connectivity index (χ2v) is 7.43. The zero-order chi connectivity index (χ0) is 20.4. The number of rotatable bonds is 5. The SMILES string of the molecule is COc1ccc(CN2C(=O)C[C@@H](N3CCN(c4ccc(O)cc4)CC3)C2=O)cc1. The number of amides is 2. The molecule has 2 aliphatic rings. The lowest BCUT2D eigenvalue weighted by Gasteiger charge is -2.38. The van der Waals surface area contributed by atoms with Crippen molar-refractivity contribution >= 4 is 17.5 Å². The Morgan fingerprint density at radius 1 is 0.966 bits per heavy atom. The van der Waals surface area contributed by atoms with Gasteiger partial charge in [0.2, 0.25) is 11.8 Å². The van der Waals surface area contributed by atoms with Crippen molar-refractivity contribution in [3.63, 3.8) is 0 Å². The molecule has 2 amide bonds. The van der Waals surface area contributed by atoms with Crippen molar-refractivity contribution in [2.75, 3.05) is 38.2 Å². The molecule has 0 spiro atoms. The zero-order valence-corrected chi connectivity index (χ0v) is 16.5. The highest BCUT2D eigenvalue weighted by Crippen LogP contribution is 2.25. The quantitative estimate of drug-likeness (QED) is 0.779. The number of hydrogen-bond acceptors (Lipinski definition) is 6. The highest BCUT2D eigenvalue weighted by atomic mass is 16.5. The van der Waals surface area contributed by atoms with E-state index in [1.54, 1.807) is 19.2 Å². The Kier molecular flexibility index (Phi) is 5.40. The molecule has 2 aliphatic heterocycles. The third kappa shape index (κ3) is 4.05. The molecule has 4 rings (SSSR count). The number of piperazine rings is 1. The van der Waals surface area contributed by atoms with Gasteiger partial charge in [-0.15, -0.1) is 0 Å². The van der Waals surface area contributed by atoms with Crippen LogP contribution >= 0.6 is 0 Å². The second kappa shape index (κ2) is 8.13. The van der Waals surface area contributed by atoms with Gasteiger partial charge in [-0.05, 0) is 42.0 Å². The van der Waals surface area contributed by atoms with E-state index in [-0.39, 0.29) is 30.0 Å². The number of imide groups is 1. The van der Waals surface area contributed by atoms with Gasteiger partial charge in [0.05, 0.1) is 26.1 Å². The Bertz CT molecular complexity index is 874. The topological polar surface area (TPSA) is 73.3 Å². The number of benzene rings is 2. The van der Waals surface area contributed by atoms with Crippen molar-refractivity contribution in [3.8, 4) is 11.5 Å². The minimum Gasteiger partial charge on any atom is -0.508 e. The molecule has 2 aromatic carbocycles. The lowest BCUT2D eigenvalue weighted by Crippen LogP contribution is -2.52. The first kappa shape index (κ1) is 19.3. The summed E-state index contributed by atoms with van der Waals surface area (Å²) in [5.74, 6) is 0.775. The first-order valence-corrected chi connectivity index (χ1v) is 9.80. The summed E-state index contributed by atoms with van der Waals surface area (Å²) >= 11 is 0. The average Bonchev–Trinajstić information content (AvgIpc) is 3.03. The summed E-state index contributed by atoms with van der Waals surface area (Å²) in [6, 6.07) is 14.2. The fourth-order valence-electron chi connectivity index (χ4n) is 3.99. The number of likely N-dealkylation sites (tertiary alicyclic amines) is 1. The first-order chi connectivity index (χ1) is 14.0. The van der Waals surface area contributed by atoms with E-state index in [2.05, 4.69) is 9.80 Å². The average molecular weight is 395 g/mol. The molecule has 152 valence electrons. The normalized spacial score (nSPS) is 20.4. The fourth-order valence-corrected chi connectivity index (χ4v) is 3.99. The fraction of sp³-hybridized carbons (Fsp3) is 0.364. The van der Waals surface area contributed by atoms with E-state index in [1.165, 1.54) is 4.90 Å². The van der Waals surface area contributed by atoms with Crippen LogP contribution in [0.3, 0.4) is 0 Å². The molecule has 29 heavy (non-hydrogen) atoms. The Balaban J connectivity index is 1.36. The number of anilines is 1. The molecule has 1 N–H and O–H groups in total. The molecule has 0 unspecified atom stereocenters. The number of phenolic OH excluding ortho intramolecular Hbond substituents is 1. The molecule has 7 heteroatoms. The second-order valence-electron chi connectivity index (χ2n) is 7.43. The minimum atomic E-state index is -0.372. The lowest BCUT2D eigenvalue weighted by molar-refractivity contribution is -0.140. The van der Waals surface area contributed by atoms with Crippen LogP contribution in [0.2, 0.25) is 0 Å². The summed E-state index contributed by atoms with van der Waals surface area (Å²) in [7, 11) is 1.61. The van der Waals surface area contributed by atoms with E-state index in [0.29, 0.717) is 6.54 Å². The van der Waals surface area contributed by atoms with Crippen LogP contribution in [-0.2, 0) is 16.1 Å². The molecule has 0 bridgehead atoms. The van der Waals surface area contributed by atoms with Crippen molar-refractivity contribution in [2.45, 2.75) is 19.0 Å². The van der Waals surface area contributed by atoms with Gasteiger partial charge in [0.1, 0.15) is 11.5 Å². The number of aromatic hydroxyl groups is 1. The van der Waals surface area contributed by atoms with Crippen molar-refractivity contribution in [1.29, 1.82) is 0 Å². The minimum absolute atomic E-state index is 0.107. The Hall–Kier alpha value is -3.06. The monoisotopic (exact) mass is 395 g/mol. The molecule has 2 fully saturated rings. The number of carbonyl (C=O) groups excluding carboxylic acids is 2. The Morgan fingerprint density at radius 2 is 1.62 bits per heavy atom. The number of nitrogens with zero attached hydrogens (tertiary/aromatic N) is 3. The molecule has 2 heterocycles. The standard InChI is InChI=1S/C22H25N3O4/c1-29-19-8-2-16(3-9-19)15-25-21(27)14-20(22(25)28)24-12-10-23(11-13-24)17-4-6-18(26)7-5-17/h2-9,20,26H,10-15H2,1H3/t20-/m1/s1. The number of phenols is 1. The van der Waals surface area contributed by atoms with E-state index in [9.17, 15) is 14.7 Å². The third-order valence-electron chi connectivity index (χ3n) is 5.69. The van der Waals surface area contributed by atoms with E-state index >= 15 is 0 Å². The van der Waals surface area contributed by atoms with E-state index in [1.807, 2.05) is 36.4 Å². The van der Waals surface area contributed by atoms with Crippen LogP contribution in [0.15, 0.2) is 48.5 Å². The summed E-state index contributed by atoms with van der Waals surface area (Å²) in [5, 5.41) is 9.44. The predicted molar refractivity (Wildman–Crippen MR) is 109 cm³/mol. The maximum Gasteiger partial charge on any atom is 0.247 e. The molecule has 0 radical (unpaired) electrons. The molecule has 1 atom stereocenters. The molecule has 0 aliphatic carbocycles. The lowest BCUT2D eigenvalue weighted by atomic mass is 10.1. The van der Waals surface area contributed by atoms with Crippen LogP contribution < -0.4 is 9.64 Å². The maximum atomic E-state index is 12.9. The van der Waals surface area contributed by atoms with Crippen LogP contribution in [0.25, 0.3) is 0 Å². The van der Waals surface area contributed by atoms with Gasteiger partial charge in [-0.25, -0.2) is 0 Å². The molecule has 0 saturated carbocycles. The summed E-state index contributed by atoms with van der Waals surface area (Å²) in [5.41, 5.74) is 1.96. The van der Waals surface area contributed by atoms with Crippen LogP contribution in [0.1, 0.15) is 12.0 Å². The zero-order valence-electron chi connectivity index (χ0n) is 16.5. The number of carbonyl (C=O) groups is 2. The maximum absolute atomic E-state index is 12.9. The smallest absolute Gasteiger partial charge is 0.247 e. The molecule has 2 saturated heterocycles. The summed E-state index contributed by atoms with van der Waals surface area (Å²) in [6.07, 6.45) is 0.244. The molecule has 2 aromatic rings. The van der Waals surface area contributed by atoms with Gasteiger partial charge in [0, 0.05) is 31.9 Å². The highest BCUT2D eigenvalue weighted by molar-refractivity contribution is 6.05. The summed E-state index contributed by atoms with van der Waals surface area (Å²) in [6.45, 7) is 3.30. The van der Waals surface area contributed by atoms with E-state index in [4.69, 9.17) is 4.74 Å². The van der Waals surface area contributed by atoms with Gasteiger partial charge in [-0.2, -0.15) is 0 Å². The van der Waals surface area contributed by atoms with Gasteiger partial charge >= 0.3 is 0 Å². The van der Waals surface area contributed by atoms with E-state index < -0.39 is 0 Å². The summed E-state index contributed by atoms with van der Waals surface area (Å²) in [4.78, 5) is 31.2. The van der Waals surface area contributed by atoms with Crippen LogP contribution in [0.4, 0.5) is 5.69 Å². The third-order valence-corrected chi connectivity index (χ3v) is 5.69. The Labute approximate surface area is 170 Å². The van der Waals surface area contributed by atoms with Crippen molar-refractivity contribution in [3.05, 3.63) is 54.1 Å². The van der Waals surface area contributed by atoms with Crippen LogP contribution in [0.5, 0.6) is 11.5 Å². The Morgan fingerprint density at radius 3 is 2.24 bits per heavy atom. The van der Waals surface area contributed by atoms with Gasteiger partial charge in [0.25, 0.3) is 0 Å². The number of ether oxygens (including phenoxy) is 1. The van der Waals surface area contributed by atoms with Crippen LogP contribution in [0, 0.1) is 0 Å². The van der Waals surface area contributed by atoms with Crippen molar-refractivity contribution in [1.82, 2.24) is 9.80 Å². The number of methoxy groups -OCH3 is 1. The number of hydrogen-bond donors (Lipinski definition) is 1. The largest absolute Gasteiger partial charge is 0.508 e. The van der Waals surface area contributed by atoms with Crippen molar-refractivity contribution < 1.29 is 19.4 Å². The van der Waals surface area contributed by atoms with Gasteiger partial charge < -0.3 is 14.7 Å². The predicted octanol–water partition coefficient (Wildman–Crippen LogP) is 1.85. The summed E-state index contributed by atoms with van der Waals surface area (Å²) < 4.78 is 5.15. The highest BCUT2D eigenvalue weighted by Gasteiger charge is 2.42. The molecular weight excluding hydrogens is 370 g/mol. The molecule has 0 aromatic heterocycles. The molecule has 7 nitrogen and oxygen atoms in total. The van der Waals surface area contributed by atoms with Crippen molar-refractivity contribution in [2.24, 2.45) is 0 Å². The van der Waals surface area contributed by atoms with Gasteiger partial charge in [-0.1, -0.05) is 12.1 Å².